The molecule has 0 bridgehead atoms. The lowest BCUT2D eigenvalue weighted by Crippen LogP contribution is -2.52. The summed E-state index contributed by atoms with van der Waals surface area (Å²) in [6, 6.07) is 0. The van der Waals surface area contributed by atoms with Crippen LogP contribution in [-0.4, -0.2) is 50.3 Å². The summed E-state index contributed by atoms with van der Waals surface area (Å²) >= 11 is 0. The zero-order valence-electron chi connectivity index (χ0n) is 13.5. The predicted octanol–water partition coefficient (Wildman–Crippen LogP) is 0.586. The Balaban J connectivity index is 2.02. The summed E-state index contributed by atoms with van der Waals surface area (Å²) in [5.41, 5.74) is -0.317. The van der Waals surface area contributed by atoms with Crippen LogP contribution < -0.4 is 10.0 Å². The number of imidazole rings is 1. The maximum Gasteiger partial charge on any atom is 0.259 e. The van der Waals surface area contributed by atoms with Crippen LogP contribution in [0.2, 0.25) is 0 Å². The quantitative estimate of drug-likeness (QED) is 0.728. The van der Waals surface area contributed by atoms with Crippen molar-refractivity contribution in [3.8, 4) is 0 Å². The number of hydrogen-bond acceptors (Lipinski definition) is 5. The molecule has 22 heavy (non-hydrogen) atoms. The van der Waals surface area contributed by atoms with Gasteiger partial charge in [-0.3, -0.25) is 0 Å². The first kappa shape index (κ1) is 17.4. The van der Waals surface area contributed by atoms with Gasteiger partial charge in [-0.15, -0.1) is 0 Å². The van der Waals surface area contributed by atoms with E-state index in [9.17, 15) is 8.42 Å². The molecule has 7 nitrogen and oxygen atoms in total. The Kier molecular flexibility index (Phi) is 5.60. The van der Waals surface area contributed by atoms with E-state index in [0.717, 1.165) is 25.9 Å². The maximum absolute atomic E-state index is 12.4. The Morgan fingerprint density at radius 2 is 2.32 bits per heavy atom. The average molecular weight is 330 g/mol. The van der Waals surface area contributed by atoms with Crippen LogP contribution in [0.3, 0.4) is 0 Å². The first-order valence-corrected chi connectivity index (χ1v) is 9.11. The number of nitrogens with zero attached hydrogens (tertiary/aromatic N) is 2. The summed E-state index contributed by atoms with van der Waals surface area (Å²) < 4.78 is 34.5. The third-order valence-corrected chi connectivity index (χ3v) is 5.10. The minimum atomic E-state index is -3.60. The van der Waals surface area contributed by atoms with E-state index in [2.05, 4.69) is 28.9 Å². The van der Waals surface area contributed by atoms with Crippen molar-refractivity contribution in [2.45, 2.75) is 43.8 Å². The van der Waals surface area contributed by atoms with Gasteiger partial charge < -0.3 is 14.6 Å². The lowest BCUT2D eigenvalue weighted by molar-refractivity contribution is 0.122. The third kappa shape index (κ3) is 4.28. The van der Waals surface area contributed by atoms with Gasteiger partial charge in [-0.25, -0.2) is 18.1 Å². The number of nitrogens with one attached hydrogen (secondary N) is 2. The fourth-order valence-electron chi connectivity index (χ4n) is 2.78. The van der Waals surface area contributed by atoms with Gasteiger partial charge in [-0.1, -0.05) is 13.8 Å². The summed E-state index contributed by atoms with van der Waals surface area (Å²) in [5, 5.41) is 3.42. The van der Waals surface area contributed by atoms with Crippen molar-refractivity contribution in [1.29, 1.82) is 0 Å². The molecular formula is C14H26N4O3S. The van der Waals surface area contributed by atoms with E-state index in [1.54, 1.807) is 24.2 Å². The lowest BCUT2D eigenvalue weighted by Gasteiger charge is -2.28. The molecule has 0 spiro atoms. The highest BCUT2D eigenvalue weighted by Crippen LogP contribution is 2.19. The largest absolute Gasteiger partial charge is 0.383 e. The maximum atomic E-state index is 12.4. The third-order valence-electron chi connectivity index (χ3n) is 3.81. The zero-order valence-corrected chi connectivity index (χ0v) is 14.3. The van der Waals surface area contributed by atoms with Crippen LogP contribution in [0.5, 0.6) is 0 Å². The van der Waals surface area contributed by atoms with Crippen LogP contribution in [-0.2, 0) is 21.3 Å². The molecule has 0 amide bonds. The van der Waals surface area contributed by atoms with E-state index in [1.165, 1.54) is 0 Å². The Morgan fingerprint density at radius 1 is 1.55 bits per heavy atom. The molecule has 1 aromatic heterocycles. The fraction of sp³-hybridized carbons (Fsp3) is 0.786. The van der Waals surface area contributed by atoms with Gasteiger partial charge in [0.15, 0.2) is 5.03 Å². The smallest absolute Gasteiger partial charge is 0.259 e. The number of ether oxygens (including phenoxy) is 1. The summed E-state index contributed by atoms with van der Waals surface area (Å²) in [6.45, 7) is 6.57. The molecule has 0 aromatic carbocycles. The van der Waals surface area contributed by atoms with Gasteiger partial charge in [0, 0.05) is 26.4 Å². The molecule has 2 N–H and O–H groups in total. The second-order valence-electron chi connectivity index (χ2n) is 6.37. The molecule has 1 fully saturated rings. The van der Waals surface area contributed by atoms with Gasteiger partial charge in [0.2, 0.25) is 0 Å². The first-order chi connectivity index (χ1) is 10.4. The van der Waals surface area contributed by atoms with Crippen LogP contribution in [0, 0.1) is 5.92 Å². The Hall–Kier alpha value is -0.960. The average Bonchev–Trinajstić information content (AvgIpc) is 3.07. The molecule has 0 radical (unpaired) electrons. The summed E-state index contributed by atoms with van der Waals surface area (Å²) in [4.78, 5) is 4.02. The molecule has 1 aliphatic rings. The summed E-state index contributed by atoms with van der Waals surface area (Å²) in [6.07, 6.45) is 5.06. The van der Waals surface area contributed by atoms with Crippen molar-refractivity contribution in [3.05, 3.63) is 12.5 Å². The van der Waals surface area contributed by atoms with E-state index in [1.807, 2.05) is 0 Å². The molecule has 1 aliphatic heterocycles. The molecule has 2 rings (SSSR count). The highest BCUT2D eigenvalue weighted by atomic mass is 32.2. The number of sulfonamides is 1. The van der Waals surface area contributed by atoms with E-state index >= 15 is 0 Å². The number of methoxy groups -OCH3 is 1. The molecule has 1 atom stereocenters. The van der Waals surface area contributed by atoms with Crippen LogP contribution in [0.1, 0.15) is 26.7 Å². The molecule has 1 unspecified atom stereocenters. The van der Waals surface area contributed by atoms with E-state index in [4.69, 9.17) is 4.74 Å². The first-order valence-electron chi connectivity index (χ1n) is 7.62. The molecule has 126 valence electrons. The summed E-state index contributed by atoms with van der Waals surface area (Å²) in [7, 11) is -1.97. The van der Waals surface area contributed by atoms with Crippen LogP contribution in [0.4, 0.5) is 0 Å². The normalized spacial score (nSPS) is 22.5. The van der Waals surface area contributed by atoms with Crippen molar-refractivity contribution in [1.82, 2.24) is 19.6 Å². The van der Waals surface area contributed by atoms with E-state index < -0.39 is 10.0 Å². The predicted molar refractivity (Wildman–Crippen MR) is 84.1 cm³/mol. The van der Waals surface area contributed by atoms with E-state index in [-0.39, 0.29) is 10.6 Å². The monoisotopic (exact) mass is 330 g/mol. The molecule has 8 heteroatoms. The molecule has 2 heterocycles. The molecular weight excluding hydrogens is 304 g/mol. The zero-order chi connectivity index (χ0) is 16.2. The highest BCUT2D eigenvalue weighted by molar-refractivity contribution is 7.89. The Morgan fingerprint density at radius 3 is 2.91 bits per heavy atom. The fourth-order valence-corrected chi connectivity index (χ4v) is 3.85. The molecule has 1 aromatic rings. The Bertz CT molecular complexity index is 577. The SMILES string of the molecule is COCC1(CNS(=O)(=O)c2cn(CC(C)C)cn2)CCCN1. The van der Waals surface area contributed by atoms with Crippen molar-refractivity contribution in [3.63, 3.8) is 0 Å². The van der Waals surface area contributed by atoms with Gasteiger partial charge >= 0.3 is 0 Å². The van der Waals surface area contributed by atoms with Crippen molar-refractivity contribution in [2.75, 3.05) is 26.8 Å². The standard InChI is InChI=1S/C14H26N4O3S/c1-12(2)7-18-8-13(15-11-18)22(19,20)17-9-14(10-21-3)5-4-6-16-14/h8,11-12,16-17H,4-7,9-10H2,1-3H3. The second kappa shape index (κ2) is 7.08. The minimum absolute atomic E-state index is 0.0683. The molecule has 0 aliphatic carbocycles. The summed E-state index contributed by atoms with van der Waals surface area (Å²) in [5.74, 6) is 0.436. The van der Waals surface area contributed by atoms with Gasteiger partial charge in [0.05, 0.1) is 18.5 Å². The van der Waals surface area contributed by atoms with Crippen LogP contribution >= 0.6 is 0 Å². The van der Waals surface area contributed by atoms with Crippen LogP contribution in [0.25, 0.3) is 0 Å². The number of aromatic nitrogens is 2. The van der Waals surface area contributed by atoms with Gasteiger partial charge in [-0.2, -0.15) is 0 Å². The Labute approximate surface area is 132 Å². The van der Waals surface area contributed by atoms with Crippen molar-refractivity contribution in [2.24, 2.45) is 5.92 Å². The minimum Gasteiger partial charge on any atom is -0.383 e. The van der Waals surface area contributed by atoms with Crippen LogP contribution in [0.15, 0.2) is 17.6 Å². The van der Waals surface area contributed by atoms with Gasteiger partial charge in [-0.05, 0) is 25.3 Å². The second-order valence-corrected chi connectivity index (χ2v) is 8.08. The lowest BCUT2D eigenvalue weighted by atomic mass is 9.99. The van der Waals surface area contributed by atoms with Gasteiger partial charge in [0.25, 0.3) is 10.0 Å². The van der Waals surface area contributed by atoms with E-state index in [0.29, 0.717) is 19.1 Å². The number of rotatable bonds is 8. The highest BCUT2D eigenvalue weighted by Gasteiger charge is 2.35. The van der Waals surface area contributed by atoms with Gasteiger partial charge in [0.1, 0.15) is 0 Å². The molecule has 1 saturated heterocycles. The van der Waals surface area contributed by atoms with Crippen molar-refractivity contribution < 1.29 is 13.2 Å². The van der Waals surface area contributed by atoms with Crippen molar-refractivity contribution >= 4 is 10.0 Å². The number of hydrogen-bond donors (Lipinski definition) is 2. The molecule has 0 saturated carbocycles. The topological polar surface area (TPSA) is 85.2 Å².